The molecule has 0 bridgehead atoms. The van der Waals surface area contributed by atoms with Crippen LogP contribution in [-0.4, -0.2) is 27.9 Å². The summed E-state index contributed by atoms with van der Waals surface area (Å²) in [5, 5.41) is 14.7. The van der Waals surface area contributed by atoms with Crippen molar-refractivity contribution in [3.63, 3.8) is 0 Å². The molecule has 1 aliphatic carbocycles. The van der Waals surface area contributed by atoms with Crippen molar-refractivity contribution in [2.45, 2.75) is 58.0 Å². The van der Waals surface area contributed by atoms with Crippen LogP contribution in [0.25, 0.3) is 0 Å². The molecule has 1 heterocycles. The number of carbonyl (C=O) groups is 2. The summed E-state index contributed by atoms with van der Waals surface area (Å²) in [6.45, 7) is 3.64. The fourth-order valence-corrected chi connectivity index (χ4v) is 5.31. The molecule has 2 N–H and O–H groups in total. The van der Waals surface area contributed by atoms with Gasteiger partial charge in [0, 0.05) is 6.04 Å². The lowest BCUT2D eigenvalue weighted by Gasteiger charge is -2.33. The molecule has 7 heteroatoms. The standard InChI is InChI=1S/C26H29N3O3S/c1-17-24(33-18(2)27-17)26(32)29(21-15-9-10-16-22(21)30)23(19-11-5-3-6-12-19)25(31)28-20-13-7-4-8-14-20/h3,5-6,9-12,15-16,20,23,30H,4,7-8,13-14H2,1-2H3,(H,28,31). The minimum absolute atomic E-state index is 0.0591. The van der Waals surface area contributed by atoms with Gasteiger partial charge in [-0.15, -0.1) is 11.3 Å². The molecule has 1 unspecified atom stereocenters. The van der Waals surface area contributed by atoms with E-state index in [1.807, 2.05) is 37.3 Å². The Hall–Kier alpha value is -3.19. The monoisotopic (exact) mass is 463 g/mol. The summed E-state index contributed by atoms with van der Waals surface area (Å²) in [5.41, 5.74) is 1.59. The first-order valence-corrected chi connectivity index (χ1v) is 12.2. The molecule has 1 aliphatic rings. The highest BCUT2D eigenvalue weighted by Gasteiger charge is 2.37. The Labute approximate surface area is 198 Å². The van der Waals surface area contributed by atoms with Crippen LogP contribution in [0.2, 0.25) is 0 Å². The van der Waals surface area contributed by atoms with Crippen LogP contribution >= 0.6 is 11.3 Å². The minimum Gasteiger partial charge on any atom is -0.506 e. The smallest absolute Gasteiger partial charge is 0.271 e. The van der Waals surface area contributed by atoms with Crippen molar-refractivity contribution < 1.29 is 14.7 Å². The van der Waals surface area contributed by atoms with Gasteiger partial charge in [0.1, 0.15) is 16.7 Å². The van der Waals surface area contributed by atoms with Crippen molar-refractivity contribution in [2.75, 3.05) is 4.90 Å². The van der Waals surface area contributed by atoms with Crippen LogP contribution in [0.1, 0.15) is 64.1 Å². The van der Waals surface area contributed by atoms with E-state index in [-0.39, 0.29) is 23.6 Å². The number of thiazole rings is 1. The number of hydrogen-bond acceptors (Lipinski definition) is 5. The fourth-order valence-electron chi connectivity index (χ4n) is 4.45. The molecule has 1 fully saturated rings. The molecular formula is C26H29N3O3S. The molecule has 0 spiro atoms. The normalized spacial score (nSPS) is 15.1. The van der Waals surface area contributed by atoms with E-state index >= 15 is 0 Å². The highest BCUT2D eigenvalue weighted by molar-refractivity contribution is 7.13. The number of aryl methyl sites for hydroxylation is 2. The van der Waals surface area contributed by atoms with Crippen LogP contribution < -0.4 is 10.2 Å². The number of aromatic hydroxyl groups is 1. The molecule has 0 saturated heterocycles. The molecular weight excluding hydrogens is 434 g/mol. The second-order valence-electron chi connectivity index (χ2n) is 8.47. The number of hydrogen-bond donors (Lipinski definition) is 2. The van der Waals surface area contributed by atoms with Gasteiger partial charge in [-0.1, -0.05) is 61.7 Å². The molecule has 33 heavy (non-hydrogen) atoms. The first-order chi connectivity index (χ1) is 16.0. The molecule has 0 aliphatic heterocycles. The Kier molecular flexibility index (Phi) is 7.08. The number of nitrogens with zero attached hydrogens (tertiary/aromatic N) is 2. The predicted molar refractivity (Wildman–Crippen MR) is 131 cm³/mol. The lowest BCUT2D eigenvalue weighted by Crippen LogP contribution is -2.47. The zero-order valence-electron chi connectivity index (χ0n) is 19.0. The first kappa shape index (κ1) is 23.0. The third kappa shape index (κ3) is 5.09. The lowest BCUT2D eigenvalue weighted by molar-refractivity contribution is -0.123. The molecule has 2 amide bonds. The number of phenolic OH excluding ortho intramolecular Hbond substituents is 1. The Bertz CT molecular complexity index is 1120. The molecule has 3 aromatic rings. The van der Waals surface area contributed by atoms with Crippen LogP contribution in [0.5, 0.6) is 5.75 Å². The summed E-state index contributed by atoms with van der Waals surface area (Å²) < 4.78 is 0. The SMILES string of the molecule is Cc1nc(C)c(C(=O)N(c2ccccc2O)C(C(=O)NC2CCCCC2)c2ccccc2)s1. The van der Waals surface area contributed by atoms with Crippen molar-refractivity contribution in [2.24, 2.45) is 0 Å². The molecule has 1 aromatic heterocycles. The maximum Gasteiger partial charge on any atom is 0.271 e. The Morgan fingerprint density at radius 2 is 1.70 bits per heavy atom. The molecule has 0 radical (unpaired) electrons. The summed E-state index contributed by atoms with van der Waals surface area (Å²) >= 11 is 1.30. The number of benzene rings is 2. The molecule has 172 valence electrons. The zero-order chi connectivity index (χ0) is 23.4. The number of nitrogens with one attached hydrogen (secondary N) is 1. The largest absolute Gasteiger partial charge is 0.506 e. The highest BCUT2D eigenvalue weighted by Crippen LogP contribution is 2.37. The van der Waals surface area contributed by atoms with Crippen molar-refractivity contribution in [3.8, 4) is 5.75 Å². The number of anilines is 1. The first-order valence-electron chi connectivity index (χ1n) is 11.4. The Balaban J connectivity index is 1.82. The topological polar surface area (TPSA) is 82.5 Å². The summed E-state index contributed by atoms with van der Waals surface area (Å²) in [6, 6.07) is 15.1. The molecule has 6 nitrogen and oxygen atoms in total. The van der Waals surface area contributed by atoms with Gasteiger partial charge in [-0.25, -0.2) is 4.98 Å². The molecule has 4 rings (SSSR count). The third-order valence-electron chi connectivity index (χ3n) is 6.03. The second kappa shape index (κ2) is 10.2. The fraction of sp³-hybridized carbons (Fsp3) is 0.346. The van der Waals surface area contributed by atoms with E-state index in [4.69, 9.17) is 0 Å². The number of phenols is 1. The number of aromatic nitrogens is 1. The van der Waals surface area contributed by atoms with Crippen LogP contribution in [0.3, 0.4) is 0 Å². The van der Waals surface area contributed by atoms with E-state index in [1.54, 1.807) is 25.1 Å². The van der Waals surface area contributed by atoms with E-state index in [9.17, 15) is 14.7 Å². The van der Waals surface area contributed by atoms with E-state index in [0.717, 1.165) is 30.7 Å². The molecule has 2 aromatic carbocycles. The Morgan fingerprint density at radius 1 is 1.03 bits per heavy atom. The minimum atomic E-state index is -0.935. The van der Waals surface area contributed by atoms with Crippen LogP contribution in [0.4, 0.5) is 5.69 Å². The quantitative estimate of drug-likeness (QED) is 0.519. The summed E-state index contributed by atoms with van der Waals surface area (Å²) in [4.78, 5) is 34.0. The van der Waals surface area contributed by atoms with Gasteiger partial charge in [-0.2, -0.15) is 0 Å². The average molecular weight is 464 g/mol. The highest BCUT2D eigenvalue weighted by atomic mass is 32.1. The van der Waals surface area contributed by atoms with Gasteiger partial charge in [0.05, 0.1) is 16.4 Å². The maximum absolute atomic E-state index is 13.9. The van der Waals surface area contributed by atoms with Crippen molar-refractivity contribution in [1.82, 2.24) is 10.3 Å². The van der Waals surface area contributed by atoms with Gasteiger partial charge in [-0.05, 0) is 44.4 Å². The van der Waals surface area contributed by atoms with Gasteiger partial charge in [0.15, 0.2) is 0 Å². The summed E-state index contributed by atoms with van der Waals surface area (Å²) in [5.74, 6) is -0.660. The van der Waals surface area contributed by atoms with E-state index in [2.05, 4.69) is 10.3 Å². The van der Waals surface area contributed by atoms with E-state index in [1.165, 1.54) is 28.7 Å². The van der Waals surface area contributed by atoms with E-state index in [0.29, 0.717) is 21.8 Å². The molecule has 1 saturated carbocycles. The number of carbonyl (C=O) groups excluding carboxylic acids is 2. The van der Waals surface area contributed by atoms with Crippen molar-refractivity contribution in [1.29, 1.82) is 0 Å². The van der Waals surface area contributed by atoms with Gasteiger partial charge in [-0.3, -0.25) is 14.5 Å². The van der Waals surface area contributed by atoms with Crippen LogP contribution in [-0.2, 0) is 4.79 Å². The lowest BCUT2D eigenvalue weighted by atomic mass is 9.94. The number of rotatable bonds is 6. The van der Waals surface area contributed by atoms with Crippen molar-refractivity contribution in [3.05, 3.63) is 75.7 Å². The Morgan fingerprint density at radius 3 is 2.33 bits per heavy atom. The molecule has 1 atom stereocenters. The zero-order valence-corrected chi connectivity index (χ0v) is 19.8. The van der Waals surface area contributed by atoms with Gasteiger partial charge in [0.25, 0.3) is 5.91 Å². The van der Waals surface area contributed by atoms with Crippen LogP contribution in [0.15, 0.2) is 54.6 Å². The third-order valence-corrected chi connectivity index (χ3v) is 7.09. The van der Waals surface area contributed by atoms with Gasteiger partial charge < -0.3 is 10.4 Å². The summed E-state index contributed by atoms with van der Waals surface area (Å²) in [7, 11) is 0. The van der Waals surface area contributed by atoms with Crippen LogP contribution in [0, 0.1) is 13.8 Å². The number of para-hydroxylation sites is 2. The van der Waals surface area contributed by atoms with E-state index < -0.39 is 6.04 Å². The average Bonchev–Trinajstić information content (AvgIpc) is 3.16. The van der Waals surface area contributed by atoms with Crippen molar-refractivity contribution >= 4 is 28.8 Å². The maximum atomic E-state index is 13.9. The second-order valence-corrected chi connectivity index (χ2v) is 9.67. The van der Waals surface area contributed by atoms with Gasteiger partial charge in [0.2, 0.25) is 5.91 Å². The predicted octanol–water partition coefficient (Wildman–Crippen LogP) is 5.30. The number of amides is 2. The summed E-state index contributed by atoms with van der Waals surface area (Å²) in [6.07, 6.45) is 5.22. The van der Waals surface area contributed by atoms with Gasteiger partial charge >= 0.3 is 0 Å².